The Morgan fingerprint density at radius 2 is 1.16 bits per heavy atom. The van der Waals surface area contributed by atoms with Crippen molar-refractivity contribution in [1.82, 2.24) is 25.3 Å². The predicted molar refractivity (Wildman–Crippen MR) is 219 cm³/mol. The number of carbonyl (C=O) groups is 1. The van der Waals surface area contributed by atoms with Crippen molar-refractivity contribution in [1.29, 1.82) is 0 Å². The number of rotatable bonds is 17. The second-order valence-electron chi connectivity index (χ2n) is 13.6. The Hall–Kier alpha value is -6.45. The maximum absolute atomic E-state index is 13.3. The number of methoxy groups -OCH3 is 1. The van der Waals surface area contributed by atoms with Crippen LogP contribution in [0.2, 0.25) is 0 Å². The highest BCUT2D eigenvalue weighted by atomic mass is 32.2. The monoisotopic (exact) mass is 897 g/mol. The van der Waals surface area contributed by atoms with E-state index in [0.29, 0.717) is 53.3 Å². The Morgan fingerprint density at radius 3 is 1.56 bits per heavy atom. The third-order valence-electron chi connectivity index (χ3n) is 9.41. The number of anilines is 2. The predicted octanol–water partition coefficient (Wildman–Crippen LogP) is 7.27. The minimum atomic E-state index is -3.71. The molecule has 0 radical (unpaired) electrons. The molecule has 62 heavy (non-hydrogen) atoms. The Labute approximate surface area is 354 Å². The molecule has 0 aliphatic carbocycles. The highest BCUT2D eigenvalue weighted by Crippen LogP contribution is 2.28. The van der Waals surface area contributed by atoms with E-state index in [9.17, 15) is 39.2 Å². The summed E-state index contributed by atoms with van der Waals surface area (Å²) in [5.74, 6) is -2.21. The molecule has 21 heteroatoms. The maximum Gasteiger partial charge on any atom is 0.314 e. The standard InChI is InChI=1S/C23H24F2N4O5S.C18H15F2N3O3S/c1-33-23(30)18-14-28(15-18)11-12-35(31,32)29(19-5-3-2-4-6-19)13-16-7-9-17(10-8-16)21-26-27-22(34-21)20(24)25;1-2-27(24,25)23(15-6-4-3-5-7-15)12-13-8-10-14(11-9-13)17-21-22-18(26-17)16(19)20/h2-10,18,20H,11-15H2,1H3;2-11,16H,1,12H2. The van der Waals surface area contributed by atoms with E-state index in [2.05, 4.69) is 27.0 Å². The molecular formula is C41H39F4N7O8S2. The van der Waals surface area contributed by atoms with Gasteiger partial charge in [-0.1, -0.05) is 67.2 Å². The van der Waals surface area contributed by atoms with Crippen LogP contribution >= 0.6 is 0 Å². The summed E-state index contributed by atoms with van der Waals surface area (Å²) >= 11 is 0. The smallest absolute Gasteiger partial charge is 0.314 e. The van der Waals surface area contributed by atoms with Gasteiger partial charge in [0.1, 0.15) is 0 Å². The number of alkyl halides is 4. The van der Waals surface area contributed by atoms with Gasteiger partial charge in [-0.3, -0.25) is 13.4 Å². The molecule has 326 valence electrons. The molecule has 4 aromatic carbocycles. The largest absolute Gasteiger partial charge is 0.469 e. The first kappa shape index (κ1) is 45.1. The topological polar surface area (TPSA) is 182 Å². The van der Waals surface area contributed by atoms with Gasteiger partial charge in [0.25, 0.3) is 21.8 Å². The molecule has 0 unspecified atom stereocenters. The van der Waals surface area contributed by atoms with E-state index in [1.54, 1.807) is 109 Å². The number of aromatic nitrogens is 4. The van der Waals surface area contributed by atoms with Crippen molar-refractivity contribution in [3.8, 4) is 22.9 Å². The minimum absolute atomic E-state index is 0.0320. The second-order valence-corrected chi connectivity index (χ2v) is 17.4. The molecule has 15 nitrogen and oxygen atoms in total. The average molecular weight is 898 g/mol. The Morgan fingerprint density at radius 1 is 0.726 bits per heavy atom. The van der Waals surface area contributed by atoms with Crippen molar-refractivity contribution in [2.75, 3.05) is 41.1 Å². The van der Waals surface area contributed by atoms with Crippen molar-refractivity contribution >= 4 is 37.4 Å². The zero-order valence-electron chi connectivity index (χ0n) is 32.9. The lowest BCUT2D eigenvalue weighted by molar-refractivity contribution is -0.151. The first-order valence-electron chi connectivity index (χ1n) is 18.6. The fourth-order valence-corrected chi connectivity index (χ4v) is 8.52. The summed E-state index contributed by atoms with van der Waals surface area (Å²) in [6.07, 6.45) is -5.70. The van der Waals surface area contributed by atoms with Gasteiger partial charge in [-0.2, -0.15) is 17.6 Å². The van der Waals surface area contributed by atoms with Crippen molar-refractivity contribution in [3.05, 3.63) is 144 Å². The average Bonchev–Trinajstić information content (AvgIpc) is 3.97. The van der Waals surface area contributed by atoms with Crippen LogP contribution in [0, 0.1) is 5.92 Å². The van der Waals surface area contributed by atoms with Crippen LogP contribution in [-0.4, -0.2) is 80.6 Å². The number of benzene rings is 4. The van der Waals surface area contributed by atoms with E-state index in [1.165, 1.54) is 15.7 Å². The van der Waals surface area contributed by atoms with Gasteiger partial charge in [0.05, 0.1) is 43.2 Å². The molecule has 2 aromatic heterocycles. The first-order chi connectivity index (χ1) is 29.7. The number of hydrogen-bond donors (Lipinski definition) is 0. The molecule has 0 amide bonds. The van der Waals surface area contributed by atoms with Gasteiger partial charge in [0.15, 0.2) is 0 Å². The molecule has 1 saturated heterocycles. The van der Waals surface area contributed by atoms with Crippen LogP contribution in [0.5, 0.6) is 0 Å². The summed E-state index contributed by atoms with van der Waals surface area (Å²) in [6, 6.07) is 30.5. The van der Waals surface area contributed by atoms with E-state index in [0.717, 1.165) is 5.41 Å². The number of esters is 1. The van der Waals surface area contributed by atoms with Gasteiger partial charge in [0.2, 0.25) is 21.8 Å². The number of halogens is 4. The Kier molecular flexibility index (Phi) is 14.5. The Balaban J connectivity index is 0.000000214. The van der Waals surface area contributed by atoms with E-state index in [-0.39, 0.29) is 42.5 Å². The molecule has 3 heterocycles. The number of nitrogens with zero attached hydrogens (tertiary/aromatic N) is 7. The lowest BCUT2D eigenvalue weighted by Gasteiger charge is -2.37. The molecule has 0 bridgehead atoms. The van der Waals surface area contributed by atoms with Crippen LogP contribution in [0.3, 0.4) is 0 Å². The molecule has 0 spiro atoms. The molecular weight excluding hydrogens is 859 g/mol. The fourth-order valence-electron chi connectivity index (χ4n) is 6.10. The third-order valence-corrected chi connectivity index (χ3v) is 12.5. The molecule has 7 rings (SSSR count). The van der Waals surface area contributed by atoms with Gasteiger partial charge in [-0.25, -0.2) is 16.8 Å². The van der Waals surface area contributed by atoms with Crippen LogP contribution in [0.15, 0.2) is 130 Å². The van der Waals surface area contributed by atoms with Crippen molar-refractivity contribution in [3.63, 3.8) is 0 Å². The molecule has 6 aromatic rings. The fraction of sp³-hybridized carbons (Fsp3) is 0.244. The van der Waals surface area contributed by atoms with Gasteiger partial charge < -0.3 is 18.5 Å². The quantitative estimate of drug-likeness (QED) is 0.0659. The zero-order chi connectivity index (χ0) is 44.4. The lowest BCUT2D eigenvalue weighted by atomic mass is 10.0. The third kappa shape index (κ3) is 11.3. The summed E-state index contributed by atoms with van der Waals surface area (Å²) < 4.78 is 119. The van der Waals surface area contributed by atoms with Crippen LogP contribution in [0.4, 0.5) is 28.9 Å². The van der Waals surface area contributed by atoms with Crippen molar-refractivity contribution in [2.24, 2.45) is 5.92 Å². The normalized spacial score (nSPS) is 13.3. The van der Waals surface area contributed by atoms with Crippen molar-refractivity contribution < 1.29 is 52.8 Å². The number of ether oxygens (including phenoxy) is 1. The van der Waals surface area contributed by atoms with Gasteiger partial charge in [-0.15, -0.1) is 20.4 Å². The van der Waals surface area contributed by atoms with Crippen LogP contribution < -0.4 is 8.61 Å². The number of carbonyl (C=O) groups excluding carboxylic acids is 1. The first-order valence-corrected chi connectivity index (χ1v) is 21.8. The van der Waals surface area contributed by atoms with E-state index in [1.807, 2.05) is 4.90 Å². The molecule has 1 aliphatic rings. The SMILES string of the molecule is C=CS(=O)(=O)N(Cc1ccc(-c2nnc(C(F)F)o2)cc1)c1ccccc1.COC(=O)C1CN(CCS(=O)(=O)N(Cc2ccc(-c3nnc(C(F)F)o3)cc2)c2ccccc2)C1. The highest BCUT2D eigenvalue weighted by molar-refractivity contribution is 7.95. The lowest BCUT2D eigenvalue weighted by Crippen LogP contribution is -2.52. The van der Waals surface area contributed by atoms with Gasteiger partial charge >= 0.3 is 18.8 Å². The summed E-state index contributed by atoms with van der Waals surface area (Å²) in [7, 11) is -6.08. The van der Waals surface area contributed by atoms with E-state index >= 15 is 0 Å². The Bertz CT molecular complexity index is 2630. The summed E-state index contributed by atoms with van der Waals surface area (Å²) in [5, 5.41) is 14.7. The maximum atomic E-state index is 13.3. The summed E-state index contributed by atoms with van der Waals surface area (Å²) in [5.41, 5.74) is 3.29. The number of likely N-dealkylation sites (tertiary alicyclic amines) is 1. The van der Waals surface area contributed by atoms with E-state index < -0.39 is 44.7 Å². The van der Waals surface area contributed by atoms with Crippen LogP contribution in [0.1, 0.15) is 35.8 Å². The highest BCUT2D eigenvalue weighted by Gasteiger charge is 2.35. The molecule has 0 saturated carbocycles. The zero-order valence-corrected chi connectivity index (χ0v) is 34.5. The molecule has 0 atom stereocenters. The van der Waals surface area contributed by atoms with E-state index in [4.69, 9.17) is 13.6 Å². The molecule has 0 N–H and O–H groups in total. The number of sulfonamides is 2. The summed E-state index contributed by atoms with van der Waals surface area (Å²) in [4.78, 5) is 13.5. The van der Waals surface area contributed by atoms with Crippen molar-refractivity contribution in [2.45, 2.75) is 25.9 Å². The van der Waals surface area contributed by atoms with Crippen LogP contribution in [-0.2, 0) is 42.7 Å². The number of para-hydroxylation sites is 2. The molecule has 1 fully saturated rings. The van der Waals surface area contributed by atoms with Crippen LogP contribution in [0.25, 0.3) is 22.9 Å². The van der Waals surface area contributed by atoms with Gasteiger partial charge in [-0.05, 0) is 59.7 Å². The molecule has 1 aliphatic heterocycles. The number of hydrogen-bond acceptors (Lipinski definition) is 13. The minimum Gasteiger partial charge on any atom is -0.469 e. The second kappa shape index (κ2) is 19.9. The van der Waals surface area contributed by atoms with Gasteiger partial charge in [0, 0.05) is 36.2 Å². The summed E-state index contributed by atoms with van der Waals surface area (Å²) in [6.45, 7) is 4.75.